The fraction of sp³-hybridized carbons (Fsp3) is 0.190. The molecule has 1 aromatic heterocycles. The summed E-state index contributed by atoms with van der Waals surface area (Å²) >= 11 is 1.67. The van der Waals surface area contributed by atoms with E-state index in [9.17, 15) is 0 Å². The number of hydrazone groups is 1. The van der Waals surface area contributed by atoms with Crippen LogP contribution in [0.2, 0.25) is 0 Å². The first kappa shape index (κ1) is 17.4. The van der Waals surface area contributed by atoms with Crippen LogP contribution in [0.15, 0.2) is 70.9 Å². The van der Waals surface area contributed by atoms with Crippen LogP contribution >= 0.6 is 11.8 Å². The molecule has 0 unspecified atom stereocenters. The minimum atomic E-state index is 0.494. The van der Waals surface area contributed by atoms with Crippen LogP contribution in [0.5, 0.6) is 0 Å². The maximum absolute atomic E-state index is 8.90. The van der Waals surface area contributed by atoms with Crippen molar-refractivity contribution in [2.24, 2.45) is 10.1 Å². The molecule has 1 N–H and O–H groups in total. The van der Waals surface area contributed by atoms with E-state index in [1.807, 2.05) is 30.3 Å². The SMILES string of the molecule is N#CCCn1cc(C2=NNC(=NCc3ccccc3)SC2)c2ccccc21. The second-order valence-electron chi connectivity index (χ2n) is 6.23. The zero-order valence-electron chi connectivity index (χ0n) is 14.8. The highest BCUT2D eigenvalue weighted by Crippen LogP contribution is 2.25. The minimum absolute atomic E-state index is 0.494. The molecule has 4 rings (SSSR count). The number of fused-ring (bicyclic) bond motifs is 1. The van der Waals surface area contributed by atoms with Gasteiger partial charge in [-0.2, -0.15) is 10.4 Å². The lowest BCUT2D eigenvalue weighted by Crippen LogP contribution is -2.25. The van der Waals surface area contributed by atoms with Crippen molar-refractivity contribution in [3.8, 4) is 6.07 Å². The standard InChI is InChI=1S/C21H19N5S/c22-11-6-12-26-14-18(17-9-4-5-10-20(17)26)19-15-27-21(25-24-19)23-13-16-7-2-1-3-8-16/h1-5,7-10,14H,6,12-13,15H2,(H,23,25). The van der Waals surface area contributed by atoms with Crippen LogP contribution < -0.4 is 5.43 Å². The highest BCUT2D eigenvalue weighted by Gasteiger charge is 2.17. The molecule has 6 heteroatoms. The molecule has 0 spiro atoms. The van der Waals surface area contributed by atoms with Gasteiger partial charge in [0.05, 0.1) is 24.7 Å². The average Bonchev–Trinajstić information content (AvgIpc) is 3.11. The molecule has 134 valence electrons. The Balaban J connectivity index is 1.55. The van der Waals surface area contributed by atoms with E-state index in [1.165, 1.54) is 10.9 Å². The van der Waals surface area contributed by atoms with Crippen LogP contribution in [-0.2, 0) is 13.1 Å². The van der Waals surface area contributed by atoms with Crippen molar-refractivity contribution in [3.63, 3.8) is 0 Å². The third kappa shape index (κ3) is 3.88. The molecule has 1 aliphatic rings. The molecule has 2 heterocycles. The molecule has 0 bridgehead atoms. The first-order valence-electron chi connectivity index (χ1n) is 8.84. The van der Waals surface area contributed by atoms with Crippen LogP contribution in [0.25, 0.3) is 10.9 Å². The van der Waals surface area contributed by atoms with Crippen molar-refractivity contribution in [1.82, 2.24) is 9.99 Å². The number of benzene rings is 2. The van der Waals surface area contributed by atoms with E-state index in [0.717, 1.165) is 27.7 Å². The van der Waals surface area contributed by atoms with Crippen molar-refractivity contribution in [2.45, 2.75) is 19.5 Å². The van der Waals surface area contributed by atoms with Crippen molar-refractivity contribution in [3.05, 3.63) is 71.9 Å². The van der Waals surface area contributed by atoms with E-state index in [-0.39, 0.29) is 0 Å². The summed E-state index contributed by atoms with van der Waals surface area (Å²) in [5.74, 6) is 0.771. The zero-order valence-corrected chi connectivity index (χ0v) is 15.6. The number of hydrogen-bond acceptors (Lipinski definition) is 4. The number of nitrogens with zero attached hydrogens (tertiary/aromatic N) is 4. The molecule has 5 nitrogen and oxygen atoms in total. The smallest absolute Gasteiger partial charge is 0.177 e. The van der Waals surface area contributed by atoms with Gasteiger partial charge in [0.25, 0.3) is 0 Å². The highest BCUT2D eigenvalue weighted by atomic mass is 32.2. The van der Waals surface area contributed by atoms with E-state index < -0.39 is 0 Å². The molecular formula is C21H19N5S. The zero-order chi connectivity index (χ0) is 18.5. The number of hydrogen-bond donors (Lipinski definition) is 1. The largest absolute Gasteiger partial charge is 0.346 e. The van der Waals surface area contributed by atoms with E-state index in [0.29, 0.717) is 19.5 Å². The van der Waals surface area contributed by atoms with Crippen LogP contribution in [0.4, 0.5) is 0 Å². The van der Waals surface area contributed by atoms with Gasteiger partial charge in [0.15, 0.2) is 5.17 Å². The first-order valence-corrected chi connectivity index (χ1v) is 9.82. The summed E-state index contributed by atoms with van der Waals surface area (Å²) in [7, 11) is 0. The molecule has 0 radical (unpaired) electrons. The number of rotatable bonds is 5. The number of nitriles is 1. The van der Waals surface area contributed by atoms with Gasteiger partial charge in [-0.05, 0) is 11.6 Å². The van der Waals surface area contributed by atoms with Crippen molar-refractivity contribution in [2.75, 3.05) is 5.75 Å². The molecule has 2 aromatic carbocycles. The maximum Gasteiger partial charge on any atom is 0.177 e. The lowest BCUT2D eigenvalue weighted by atomic mass is 10.1. The molecule has 0 amide bonds. The molecule has 0 aliphatic carbocycles. The molecule has 0 saturated heterocycles. The van der Waals surface area contributed by atoms with Gasteiger partial charge in [-0.15, -0.1) is 0 Å². The van der Waals surface area contributed by atoms with Gasteiger partial charge in [-0.25, -0.2) is 0 Å². The molecule has 27 heavy (non-hydrogen) atoms. The topological polar surface area (TPSA) is 65.5 Å². The number of aromatic nitrogens is 1. The fourth-order valence-corrected chi connectivity index (χ4v) is 3.87. The summed E-state index contributed by atoms with van der Waals surface area (Å²) in [6.07, 6.45) is 2.60. The summed E-state index contributed by atoms with van der Waals surface area (Å²) < 4.78 is 2.14. The summed E-state index contributed by atoms with van der Waals surface area (Å²) in [4.78, 5) is 4.61. The molecule has 0 saturated carbocycles. The number of aliphatic imine (C=N–C) groups is 1. The monoisotopic (exact) mass is 373 g/mol. The molecule has 0 fully saturated rings. The predicted molar refractivity (Wildman–Crippen MR) is 112 cm³/mol. The third-order valence-electron chi connectivity index (χ3n) is 4.44. The number of aryl methyl sites for hydroxylation is 1. The summed E-state index contributed by atoms with van der Waals surface area (Å²) in [5, 5.41) is 15.5. The Bertz CT molecular complexity index is 1040. The molecule has 0 atom stereocenters. The van der Waals surface area contributed by atoms with Gasteiger partial charge in [0, 0.05) is 35.0 Å². The maximum atomic E-state index is 8.90. The Morgan fingerprint density at radius 1 is 1.15 bits per heavy atom. The first-order chi connectivity index (χ1) is 13.3. The van der Waals surface area contributed by atoms with Gasteiger partial charge in [-0.3, -0.25) is 10.4 Å². The summed E-state index contributed by atoms with van der Waals surface area (Å²) in [6.45, 7) is 1.34. The molecule has 1 aliphatic heterocycles. The van der Waals surface area contributed by atoms with Gasteiger partial charge in [0.2, 0.25) is 0 Å². The molecular weight excluding hydrogens is 354 g/mol. The Kier molecular flexibility index (Phi) is 5.22. The number of nitrogens with one attached hydrogen (secondary N) is 1. The van der Waals surface area contributed by atoms with Gasteiger partial charge in [-0.1, -0.05) is 60.3 Å². The Morgan fingerprint density at radius 3 is 2.74 bits per heavy atom. The van der Waals surface area contributed by atoms with Crippen molar-refractivity contribution >= 4 is 33.5 Å². The van der Waals surface area contributed by atoms with E-state index in [4.69, 9.17) is 5.26 Å². The Morgan fingerprint density at radius 2 is 1.96 bits per heavy atom. The van der Waals surface area contributed by atoms with E-state index in [1.54, 1.807) is 11.8 Å². The quantitative estimate of drug-likeness (QED) is 0.730. The Hall–Kier alpha value is -3.04. The summed E-state index contributed by atoms with van der Waals surface area (Å²) in [5.41, 5.74) is 7.54. The van der Waals surface area contributed by atoms with Gasteiger partial charge >= 0.3 is 0 Å². The van der Waals surface area contributed by atoms with Gasteiger partial charge < -0.3 is 4.57 Å². The van der Waals surface area contributed by atoms with Gasteiger partial charge in [0.1, 0.15) is 0 Å². The number of thioether (sulfide) groups is 1. The van der Waals surface area contributed by atoms with Crippen molar-refractivity contribution in [1.29, 1.82) is 5.26 Å². The van der Waals surface area contributed by atoms with Crippen LogP contribution in [-0.4, -0.2) is 21.2 Å². The lowest BCUT2D eigenvalue weighted by molar-refractivity contribution is 0.744. The van der Waals surface area contributed by atoms with Crippen LogP contribution in [0.3, 0.4) is 0 Å². The van der Waals surface area contributed by atoms with E-state index in [2.05, 4.69) is 56.6 Å². The second-order valence-corrected chi connectivity index (χ2v) is 7.19. The average molecular weight is 373 g/mol. The minimum Gasteiger partial charge on any atom is -0.346 e. The molecule has 3 aromatic rings. The number of amidine groups is 1. The summed E-state index contributed by atoms with van der Waals surface area (Å²) in [6, 6.07) is 20.7. The predicted octanol–water partition coefficient (Wildman–Crippen LogP) is 4.15. The van der Waals surface area contributed by atoms with Crippen molar-refractivity contribution < 1.29 is 0 Å². The lowest BCUT2D eigenvalue weighted by Gasteiger charge is -2.14. The number of para-hydroxylation sites is 1. The van der Waals surface area contributed by atoms with E-state index >= 15 is 0 Å². The second kappa shape index (κ2) is 8.11. The van der Waals surface area contributed by atoms with Crippen LogP contribution in [0.1, 0.15) is 17.5 Å². The fourth-order valence-electron chi connectivity index (χ4n) is 3.11. The normalized spacial score (nSPS) is 15.4. The highest BCUT2D eigenvalue weighted by molar-refractivity contribution is 8.14. The Labute approximate surface area is 162 Å². The third-order valence-corrected chi connectivity index (χ3v) is 5.36. The van der Waals surface area contributed by atoms with Crippen LogP contribution in [0, 0.1) is 11.3 Å².